The number of nitrogens with zero attached hydrogens (tertiary/aromatic N) is 2. The van der Waals surface area contributed by atoms with Crippen LogP contribution in [0.3, 0.4) is 0 Å². The molecule has 0 unspecified atom stereocenters. The molecule has 0 bridgehead atoms. The van der Waals surface area contributed by atoms with E-state index in [2.05, 4.69) is 28.3 Å². The normalized spacial score (nSPS) is 10.7. The van der Waals surface area contributed by atoms with Crippen molar-refractivity contribution in [3.63, 3.8) is 0 Å². The number of amides is 2. The van der Waals surface area contributed by atoms with Gasteiger partial charge in [0.25, 0.3) is 0 Å². The predicted molar refractivity (Wildman–Crippen MR) is 89.0 cm³/mol. The third-order valence-corrected chi connectivity index (χ3v) is 3.45. The zero-order valence-corrected chi connectivity index (χ0v) is 12.8. The number of aromatic nitrogens is 2. The van der Waals surface area contributed by atoms with E-state index < -0.39 is 0 Å². The van der Waals surface area contributed by atoms with E-state index in [0.717, 1.165) is 28.1 Å². The Balaban J connectivity index is 1.86. The number of carbonyl (C=O) groups excluding carboxylic acids is 1. The predicted octanol–water partition coefficient (Wildman–Crippen LogP) is 3.63. The van der Waals surface area contributed by atoms with E-state index in [1.807, 2.05) is 36.4 Å². The first-order valence-corrected chi connectivity index (χ1v) is 7.08. The lowest BCUT2D eigenvalue weighted by Crippen LogP contribution is -2.27. The Morgan fingerprint density at radius 3 is 2.55 bits per heavy atom. The monoisotopic (exact) mass is 294 g/mol. The number of anilines is 1. The van der Waals surface area contributed by atoms with Crippen molar-refractivity contribution in [1.82, 2.24) is 14.9 Å². The molecule has 0 saturated carbocycles. The molecule has 3 rings (SSSR count). The molecule has 0 aliphatic carbocycles. The SMILES string of the molecule is Cc1ccc2nc(-c3ccc(NC(=O)N(C)C)cc3)[nH]c2c1. The molecule has 22 heavy (non-hydrogen) atoms. The summed E-state index contributed by atoms with van der Waals surface area (Å²) in [5.74, 6) is 0.825. The van der Waals surface area contributed by atoms with Crippen LogP contribution in [-0.2, 0) is 0 Å². The molecular formula is C17H18N4O. The van der Waals surface area contributed by atoms with Gasteiger partial charge in [-0.3, -0.25) is 0 Å². The summed E-state index contributed by atoms with van der Waals surface area (Å²) >= 11 is 0. The lowest BCUT2D eigenvalue weighted by Gasteiger charge is -2.11. The molecule has 1 heterocycles. The number of aryl methyl sites for hydroxylation is 1. The van der Waals surface area contributed by atoms with Crippen LogP contribution in [-0.4, -0.2) is 35.0 Å². The Morgan fingerprint density at radius 1 is 1.14 bits per heavy atom. The quantitative estimate of drug-likeness (QED) is 0.758. The van der Waals surface area contributed by atoms with Crippen LogP contribution in [0.25, 0.3) is 22.4 Å². The van der Waals surface area contributed by atoms with Crippen molar-refractivity contribution >= 4 is 22.8 Å². The molecule has 0 aliphatic heterocycles. The van der Waals surface area contributed by atoms with Crippen LogP contribution < -0.4 is 5.32 Å². The van der Waals surface area contributed by atoms with Gasteiger partial charge < -0.3 is 15.2 Å². The van der Waals surface area contributed by atoms with Crippen molar-refractivity contribution in [3.8, 4) is 11.4 Å². The number of urea groups is 1. The number of hydrogen-bond donors (Lipinski definition) is 2. The van der Waals surface area contributed by atoms with Crippen LogP contribution >= 0.6 is 0 Å². The second kappa shape index (κ2) is 5.52. The maximum atomic E-state index is 11.6. The summed E-state index contributed by atoms with van der Waals surface area (Å²) in [6, 6.07) is 13.6. The Kier molecular flexibility index (Phi) is 3.55. The van der Waals surface area contributed by atoms with Gasteiger partial charge >= 0.3 is 6.03 Å². The number of benzene rings is 2. The smallest absolute Gasteiger partial charge is 0.321 e. The summed E-state index contributed by atoms with van der Waals surface area (Å²) in [6.07, 6.45) is 0. The summed E-state index contributed by atoms with van der Waals surface area (Å²) in [4.78, 5) is 21.0. The highest BCUT2D eigenvalue weighted by Crippen LogP contribution is 2.22. The van der Waals surface area contributed by atoms with E-state index in [4.69, 9.17) is 0 Å². The number of carbonyl (C=O) groups is 1. The van der Waals surface area contributed by atoms with Crippen molar-refractivity contribution in [2.24, 2.45) is 0 Å². The van der Waals surface area contributed by atoms with Gasteiger partial charge in [-0.15, -0.1) is 0 Å². The topological polar surface area (TPSA) is 61.0 Å². The van der Waals surface area contributed by atoms with Crippen LogP contribution in [0.15, 0.2) is 42.5 Å². The minimum absolute atomic E-state index is 0.146. The lowest BCUT2D eigenvalue weighted by molar-refractivity contribution is 0.230. The first-order valence-electron chi connectivity index (χ1n) is 7.08. The highest BCUT2D eigenvalue weighted by molar-refractivity contribution is 5.89. The van der Waals surface area contributed by atoms with Crippen LogP contribution in [0.2, 0.25) is 0 Å². The van der Waals surface area contributed by atoms with Gasteiger partial charge in [-0.2, -0.15) is 0 Å². The van der Waals surface area contributed by atoms with Gasteiger partial charge in [0.1, 0.15) is 5.82 Å². The molecule has 0 saturated heterocycles. The minimum atomic E-state index is -0.146. The number of nitrogens with one attached hydrogen (secondary N) is 2. The van der Waals surface area contributed by atoms with Crippen LogP contribution in [0.4, 0.5) is 10.5 Å². The van der Waals surface area contributed by atoms with E-state index in [0.29, 0.717) is 0 Å². The third-order valence-electron chi connectivity index (χ3n) is 3.45. The molecule has 0 spiro atoms. The molecule has 0 atom stereocenters. The van der Waals surface area contributed by atoms with Gasteiger partial charge in [-0.05, 0) is 48.9 Å². The van der Waals surface area contributed by atoms with E-state index in [1.165, 1.54) is 10.5 Å². The Bertz CT molecular complexity index is 818. The van der Waals surface area contributed by atoms with Crippen molar-refractivity contribution in [2.75, 3.05) is 19.4 Å². The fourth-order valence-electron chi connectivity index (χ4n) is 2.21. The second-order valence-corrected chi connectivity index (χ2v) is 5.51. The third kappa shape index (κ3) is 2.79. The molecule has 0 aliphatic rings. The lowest BCUT2D eigenvalue weighted by atomic mass is 10.2. The first-order chi connectivity index (χ1) is 10.5. The van der Waals surface area contributed by atoms with Gasteiger partial charge in [-0.1, -0.05) is 6.07 Å². The molecule has 112 valence electrons. The number of hydrogen-bond acceptors (Lipinski definition) is 2. The number of aromatic amines is 1. The number of fused-ring (bicyclic) bond motifs is 1. The van der Waals surface area contributed by atoms with Crippen LogP contribution in [0.5, 0.6) is 0 Å². The second-order valence-electron chi connectivity index (χ2n) is 5.51. The molecule has 3 aromatic rings. The molecule has 1 aromatic heterocycles. The van der Waals surface area contributed by atoms with Gasteiger partial charge in [-0.25, -0.2) is 9.78 Å². The number of imidazole rings is 1. The van der Waals surface area contributed by atoms with Gasteiger partial charge in [0.2, 0.25) is 0 Å². The average Bonchev–Trinajstić information content (AvgIpc) is 2.90. The summed E-state index contributed by atoms with van der Waals surface area (Å²) < 4.78 is 0. The summed E-state index contributed by atoms with van der Waals surface area (Å²) in [5.41, 5.74) is 4.92. The zero-order chi connectivity index (χ0) is 15.7. The van der Waals surface area contributed by atoms with Crippen LogP contribution in [0.1, 0.15) is 5.56 Å². The maximum Gasteiger partial charge on any atom is 0.321 e. The zero-order valence-electron chi connectivity index (χ0n) is 12.8. The van der Waals surface area contributed by atoms with Crippen molar-refractivity contribution < 1.29 is 4.79 Å². The van der Waals surface area contributed by atoms with Gasteiger partial charge in [0, 0.05) is 25.3 Å². The first kappa shape index (κ1) is 14.1. The highest BCUT2D eigenvalue weighted by atomic mass is 16.2. The molecule has 5 nitrogen and oxygen atoms in total. The summed E-state index contributed by atoms with van der Waals surface area (Å²) in [5, 5.41) is 2.81. The van der Waals surface area contributed by atoms with Crippen LogP contribution in [0, 0.1) is 6.92 Å². The fourth-order valence-corrected chi connectivity index (χ4v) is 2.21. The fraction of sp³-hybridized carbons (Fsp3) is 0.176. The highest BCUT2D eigenvalue weighted by Gasteiger charge is 2.07. The minimum Gasteiger partial charge on any atom is -0.338 e. The van der Waals surface area contributed by atoms with Crippen molar-refractivity contribution in [1.29, 1.82) is 0 Å². The molecule has 2 amide bonds. The maximum absolute atomic E-state index is 11.6. The Hall–Kier alpha value is -2.82. The van der Waals surface area contributed by atoms with E-state index in [1.54, 1.807) is 14.1 Å². The standard InChI is InChI=1S/C17H18N4O/c1-11-4-9-14-15(10-11)20-16(19-14)12-5-7-13(8-6-12)18-17(22)21(2)3/h4-10H,1-3H3,(H,18,22)(H,19,20). The Labute approximate surface area is 129 Å². The molecule has 0 radical (unpaired) electrons. The molecular weight excluding hydrogens is 276 g/mol. The molecule has 5 heteroatoms. The number of rotatable bonds is 2. The molecule has 2 N–H and O–H groups in total. The molecule has 0 fully saturated rings. The largest absolute Gasteiger partial charge is 0.338 e. The van der Waals surface area contributed by atoms with Gasteiger partial charge in [0.05, 0.1) is 11.0 Å². The number of H-pyrrole nitrogens is 1. The van der Waals surface area contributed by atoms with Gasteiger partial charge in [0.15, 0.2) is 0 Å². The van der Waals surface area contributed by atoms with E-state index in [9.17, 15) is 4.79 Å². The summed E-state index contributed by atoms with van der Waals surface area (Å²) in [7, 11) is 3.42. The average molecular weight is 294 g/mol. The van der Waals surface area contributed by atoms with E-state index in [-0.39, 0.29) is 6.03 Å². The van der Waals surface area contributed by atoms with E-state index >= 15 is 0 Å². The Morgan fingerprint density at radius 2 is 1.86 bits per heavy atom. The molecule has 2 aromatic carbocycles. The summed E-state index contributed by atoms with van der Waals surface area (Å²) in [6.45, 7) is 2.06. The van der Waals surface area contributed by atoms with Crippen molar-refractivity contribution in [2.45, 2.75) is 6.92 Å². The van der Waals surface area contributed by atoms with Crippen molar-refractivity contribution in [3.05, 3.63) is 48.0 Å².